The molecule has 11 heteroatoms. The molecule has 0 bridgehead atoms. The van der Waals surface area contributed by atoms with Crippen LogP contribution in [0.2, 0.25) is 0 Å². The van der Waals surface area contributed by atoms with Gasteiger partial charge in [-0.2, -0.15) is 4.98 Å². The summed E-state index contributed by atoms with van der Waals surface area (Å²) in [6.07, 6.45) is 1.07. The Balaban J connectivity index is 2.02. The molecule has 0 spiro atoms. The van der Waals surface area contributed by atoms with Crippen LogP contribution >= 0.6 is 0 Å². The lowest BCUT2D eigenvalue weighted by Gasteiger charge is -2.19. The number of rotatable bonds is 9. The van der Waals surface area contributed by atoms with Gasteiger partial charge in [0.1, 0.15) is 18.8 Å². The first-order valence-corrected chi connectivity index (χ1v) is 11.8. The molecule has 0 saturated heterocycles. The largest absolute Gasteiger partial charge is 0.493 e. The Morgan fingerprint density at radius 3 is 2.38 bits per heavy atom. The van der Waals surface area contributed by atoms with Crippen LogP contribution in [-0.2, 0) is 15.4 Å². The molecule has 0 aliphatic carbocycles. The number of methoxy groups -OCH3 is 1. The van der Waals surface area contributed by atoms with Gasteiger partial charge >= 0.3 is 0 Å². The third kappa shape index (κ3) is 5.91. The lowest BCUT2D eigenvalue weighted by atomic mass is 9.87. The van der Waals surface area contributed by atoms with Gasteiger partial charge in [0.2, 0.25) is 5.75 Å². The fourth-order valence-electron chi connectivity index (χ4n) is 2.93. The number of benzene rings is 2. The van der Waals surface area contributed by atoms with E-state index < -0.39 is 15.8 Å². The van der Waals surface area contributed by atoms with Crippen molar-refractivity contribution in [2.24, 2.45) is 0 Å². The van der Waals surface area contributed by atoms with Crippen molar-refractivity contribution < 1.29 is 32.1 Å². The van der Waals surface area contributed by atoms with E-state index in [0.29, 0.717) is 0 Å². The van der Waals surface area contributed by atoms with Crippen molar-refractivity contribution in [3.05, 3.63) is 60.2 Å². The van der Waals surface area contributed by atoms with Gasteiger partial charge in [-0.3, -0.25) is 4.72 Å². The Hall–Kier alpha value is -3.44. The SMILES string of the molecule is COc1ccc(F)cc1Oc1c(NS(=O)(=O)c2ccc(C(C)(C)C)cc2)ncnc1OCCO. The molecule has 34 heavy (non-hydrogen) atoms. The zero-order valence-electron chi connectivity index (χ0n) is 19.2. The second-order valence-corrected chi connectivity index (χ2v) is 9.89. The number of ether oxygens (including phenoxy) is 3. The van der Waals surface area contributed by atoms with Crippen LogP contribution in [0, 0.1) is 5.82 Å². The van der Waals surface area contributed by atoms with E-state index in [1.165, 1.54) is 31.4 Å². The van der Waals surface area contributed by atoms with Crippen molar-refractivity contribution >= 4 is 15.8 Å². The van der Waals surface area contributed by atoms with Gasteiger partial charge in [0.25, 0.3) is 15.9 Å². The molecule has 0 amide bonds. The molecule has 3 aromatic rings. The Morgan fingerprint density at radius 2 is 1.76 bits per heavy atom. The zero-order valence-corrected chi connectivity index (χ0v) is 20.0. The maximum atomic E-state index is 13.9. The Bertz CT molecular complexity index is 1240. The Kier molecular flexibility index (Phi) is 7.57. The fraction of sp³-hybridized carbons (Fsp3) is 0.304. The molecule has 0 unspecified atom stereocenters. The minimum atomic E-state index is -4.08. The van der Waals surface area contributed by atoms with E-state index in [1.54, 1.807) is 12.1 Å². The smallest absolute Gasteiger partial charge is 0.263 e. The summed E-state index contributed by atoms with van der Waals surface area (Å²) < 4.78 is 58.7. The first-order chi connectivity index (χ1) is 16.0. The molecule has 1 aromatic heterocycles. The quantitative estimate of drug-likeness (QED) is 0.463. The highest BCUT2D eigenvalue weighted by molar-refractivity contribution is 7.92. The number of hydrogen-bond donors (Lipinski definition) is 2. The summed E-state index contributed by atoms with van der Waals surface area (Å²) in [5, 5.41) is 9.12. The van der Waals surface area contributed by atoms with Gasteiger partial charge in [0, 0.05) is 6.07 Å². The summed E-state index contributed by atoms with van der Waals surface area (Å²) in [6, 6.07) is 10.0. The third-order valence-electron chi connectivity index (χ3n) is 4.70. The van der Waals surface area contributed by atoms with E-state index in [1.807, 2.05) is 20.8 Å². The summed E-state index contributed by atoms with van der Waals surface area (Å²) in [4.78, 5) is 7.94. The molecular formula is C23H26FN3O6S. The molecule has 2 N–H and O–H groups in total. The Labute approximate surface area is 197 Å². The van der Waals surface area contributed by atoms with Crippen LogP contribution in [0.25, 0.3) is 0 Å². The number of halogens is 1. The molecule has 9 nitrogen and oxygen atoms in total. The standard InChI is InChI=1S/C23H26FN3O6S/c1-23(2,3)15-5-8-17(9-6-15)34(29,30)27-21-20(22(26-14-25-21)32-12-11-28)33-19-13-16(24)7-10-18(19)31-4/h5-10,13-14,28H,11-12H2,1-4H3,(H,25,26,27). The van der Waals surface area contributed by atoms with Crippen LogP contribution < -0.4 is 18.9 Å². The first-order valence-electron chi connectivity index (χ1n) is 10.3. The van der Waals surface area contributed by atoms with E-state index in [9.17, 15) is 12.8 Å². The van der Waals surface area contributed by atoms with E-state index in [-0.39, 0.29) is 52.5 Å². The minimum absolute atomic E-state index is 0.00576. The number of nitrogens with one attached hydrogen (secondary N) is 1. The van der Waals surface area contributed by atoms with Crippen molar-refractivity contribution in [1.29, 1.82) is 0 Å². The first kappa shape index (κ1) is 25.2. The number of aliphatic hydroxyl groups is 1. The molecular weight excluding hydrogens is 465 g/mol. The molecule has 182 valence electrons. The molecule has 0 aliphatic rings. The summed E-state index contributed by atoms with van der Waals surface area (Å²) in [5.74, 6) is -1.10. The average Bonchev–Trinajstić information content (AvgIpc) is 2.79. The van der Waals surface area contributed by atoms with Gasteiger partial charge in [-0.05, 0) is 35.2 Å². The number of hydrogen-bond acceptors (Lipinski definition) is 8. The summed E-state index contributed by atoms with van der Waals surface area (Å²) in [7, 11) is -2.71. The van der Waals surface area contributed by atoms with Crippen LogP contribution in [0.1, 0.15) is 26.3 Å². The number of nitrogens with zero attached hydrogens (tertiary/aromatic N) is 2. The average molecular weight is 492 g/mol. The number of anilines is 1. The second-order valence-electron chi connectivity index (χ2n) is 8.21. The zero-order chi connectivity index (χ0) is 24.9. The molecule has 3 rings (SSSR count). The fourth-order valence-corrected chi connectivity index (χ4v) is 3.94. The number of sulfonamides is 1. The van der Waals surface area contributed by atoms with Gasteiger partial charge in [0.05, 0.1) is 18.6 Å². The maximum absolute atomic E-state index is 13.9. The van der Waals surface area contributed by atoms with Gasteiger partial charge in [0.15, 0.2) is 17.3 Å². The monoisotopic (exact) mass is 491 g/mol. The normalized spacial score (nSPS) is 11.7. The lowest BCUT2D eigenvalue weighted by molar-refractivity contribution is 0.192. The topological polar surface area (TPSA) is 120 Å². The maximum Gasteiger partial charge on any atom is 0.263 e. The molecule has 0 atom stereocenters. The van der Waals surface area contributed by atoms with Crippen LogP contribution in [0.15, 0.2) is 53.7 Å². The predicted molar refractivity (Wildman–Crippen MR) is 124 cm³/mol. The van der Waals surface area contributed by atoms with Gasteiger partial charge in [-0.15, -0.1) is 0 Å². The predicted octanol–water partition coefficient (Wildman–Crippen LogP) is 3.89. The van der Waals surface area contributed by atoms with Crippen LogP contribution in [0.3, 0.4) is 0 Å². The highest BCUT2D eigenvalue weighted by Gasteiger charge is 2.24. The van der Waals surface area contributed by atoms with Crippen molar-refractivity contribution in [2.75, 3.05) is 25.0 Å². The molecule has 1 heterocycles. The highest BCUT2D eigenvalue weighted by Crippen LogP contribution is 2.40. The van der Waals surface area contributed by atoms with Crippen LogP contribution in [0.5, 0.6) is 23.1 Å². The van der Waals surface area contributed by atoms with E-state index in [4.69, 9.17) is 19.3 Å². The molecule has 0 saturated carbocycles. The molecule has 0 aliphatic heterocycles. The lowest BCUT2D eigenvalue weighted by Crippen LogP contribution is -2.16. The Morgan fingerprint density at radius 1 is 1.06 bits per heavy atom. The number of aliphatic hydroxyl groups excluding tert-OH is 1. The van der Waals surface area contributed by atoms with E-state index in [0.717, 1.165) is 18.0 Å². The van der Waals surface area contributed by atoms with E-state index >= 15 is 0 Å². The van der Waals surface area contributed by atoms with Gasteiger partial charge in [-0.1, -0.05) is 32.9 Å². The van der Waals surface area contributed by atoms with Gasteiger partial charge in [-0.25, -0.2) is 17.8 Å². The summed E-state index contributed by atoms with van der Waals surface area (Å²) in [6.45, 7) is 5.59. The van der Waals surface area contributed by atoms with Crippen LogP contribution in [-0.4, -0.2) is 43.8 Å². The van der Waals surface area contributed by atoms with E-state index in [2.05, 4.69) is 14.7 Å². The van der Waals surface area contributed by atoms with Crippen molar-refractivity contribution in [3.8, 4) is 23.1 Å². The van der Waals surface area contributed by atoms with Crippen molar-refractivity contribution in [2.45, 2.75) is 31.1 Å². The van der Waals surface area contributed by atoms with Crippen LogP contribution in [0.4, 0.5) is 10.2 Å². The number of aromatic nitrogens is 2. The summed E-state index contributed by atoms with van der Waals surface area (Å²) in [5.41, 5.74) is 0.821. The second kappa shape index (κ2) is 10.2. The molecule has 0 fully saturated rings. The van der Waals surface area contributed by atoms with Crippen molar-refractivity contribution in [1.82, 2.24) is 9.97 Å². The highest BCUT2D eigenvalue weighted by atomic mass is 32.2. The van der Waals surface area contributed by atoms with Gasteiger partial charge < -0.3 is 19.3 Å². The third-order valence-corrected chi connectivity index (χ3v) is 6.06. The molecule has 2 aromatic carbocycles. The van der Waals surface area contributed by atoms with Crippen molar-refractivity contribution in [3.63, 3.8) is 0 Å². The minimum Gasteiger partial charge on any atom is -0.493 e. The summed E-state index contributed by atoms with van der Waals surface area (Å²) >= 11 is 0. The molecule has 0 radical (unpaired) electrons.